The van der Waals surface area contributed by atoms with Gasteiger partial charge >= 0.3 is 0 Å². The van der Waals surface area contributed by atoms with E-state index in [1.807, 2.05) is 11.3 Å². The lowest BCUT2D eigenvalue weighted by Gasteiger charge is -2.26. The average molecular weight is 365 g/mol. The molecule has 0 saturated heterocycles. The lowest BCUT2D eigenvalue weighted by molar-refractivity contribution is 0.119. The molecule has 0 radical (unpaired) electrons. The number of aryl methyl sites for hydroxylation is 1. The minimum Gasteiger partial charge on any atom is -0.392 e. The van der Waals surface area contributed by atoms with Crippen LogP contribution in [0.3, 0.4) is 0 Å². The van der Waals surface area contributed by atoms with Crippen molar-refractivity contribution in [2.45, 2.75) is 45.3 Å². The number of aliphatic hydroxyl groups is 1. The van der Waals surface area contributed by atoms with Crippen LogP contribution in [0, 0.1) is 8.80 Å². The van der Waals surface area contributed by atoms with Gasteiger partial charge in [0.15, 0.2) is 0 Å². The van der Waals surface area contributed by atoms with Crippen molar-refractivity contribution in [2.75, 3.05) is 6.54 Å². The first-order chi connectivity index (χ1) is 8.08. The van der Waals surface area contributed by atoms with Crippen molar-refractivity contribution in [2.24, 2.45) is 5.92 Å². The smallest absolute Gasteiger partial charge is 0.0687 e. The highest BCUT2D eigenvalue weighted by molar-refractivity contribution is 14.1. The highest BCUT2D eigenvalue weighted by Gasteiger charge is 2.23. The Morgan fingerprint density at radius 3 is 3.06 bits per heavy atom. The first kappa shape index (κ1) is 13.8. The van der Waals surface area contributed by atoms with Crippen molar-refractivity contribution < 1.29 is 5.11 Å². The summed E-state index contributed by atoms with van der Waals surface area (Å²) in [6.45, 7) is 4.83. The molecule has 1 aliphatic rings. The molecule has 2 N–H and O–H groups in total. The predicted octanol–water partition coefficient (Wildman–Crippen LogP) is 3.34. The van der Waals surface area contributed by atoms with Crippen LogP contribution < -0.4 is 5.32 Å². The number of fused-ring (bicyclic) bond motifs is 1. The molecule has 17 heavy (non-hydrogen) atoms. The molecule has 0 bridgehead atoms. The van der Waals surface area contributed by atoms with E-state index in [2.05, 4.69) is 47.8 Å². The molecule has 1 heterocycles. The average Bonchev–Trinajstić information content (AvgIpc) is 2.66. The minimum atomic E-state index is -0.238. The van der Waals surface area contributed by atoms with E-state index in [4.69, 9.17) is 0 Å². The summed E-state index contributed by atoms with van der Waals surface area (Å²) < 4.78 is 1.38. The second-order valence-corrected chi connectivity index (χ2v) is 8.12. The number of nitrogens with one attached hydrogen (secondary N) is 1. The quantitative estimate of drug-likeness (QED) is 0.803. The Labute approximate surface area is 121 Å². The minimum absolute atomic E-state index is 0.238. The summed E-state index contributed by atoms with van der Waals surface area (Å²) in [5.41, 5.74) is 1.47. The van der Waals surface area contributed by atoms with Crippen LogP contribution in [-0.2, 0) is 6.42 Å². The molecule has 0 fully saturated rings. The Bertz CT molecular complexity index is 377. The highest BCUT2D eigenvalue weighted by atomic mass is 127. The molecule has 1 aromatic rings. The molecule has 4 heteroatoms. The van der Waals surface area contributed by atoms with Gasteiger partial charge in [-0.05, 0) is 59.4 Å². The Hall–Kier alpha value is 0.350. The first-order valence-corrected chi connectivity index (χ1v) is 8.17. The van der Waals surface area contributed by atoms with E-state index in [0.29, 0.717) is 18.5 Å². The van der Waals surface area contributed by atoms with Gasteiger partial charge in [-0.25, -0.2) is 0 Å². The standard InChI is InChI=1S/C13H20INOS/c1-8(2)11(16)7-15-10-4-3-5-12-9(10)6-13(14)17-12/h6,8,10-11,15-16H,3-5,7H2,1-2H3. The van der Waals surface area contributed by atoms with Crippen molar-refractivity contribution in [3.63, 3.8) is 0 Å². The van der Waals surface area contributed by atoms with Crippen molar-refractivity contribution in [1.82, 2.24) is 5.32 Å². The van der Waals surface area contributed by atoms with Gasteiger partial charge in [-0.3, -0.25) is 0 Å². The molecule has 2 atom stereocenters. The molecule has 0 saturated carbocycles. The summed E-state index contributed by atoms with van der Waals surface area (Å²) in [4.78, 5) is 1.54. The fraction of sp³-hybridized carbons (Fsp3) is 0.692. The molecule has 2 nitrogen and oxygen atoms in total. The maximum Gasteiger partial charge on any atom is 0.0687 e. The Morgan fingerprint density at radius 2 is 2.35 bits per heavy atom. The fourth-order valence-corrected chi connectivity index (χ4v) is 4.35. The molecule has 0 spiro atoms. The lowest BCUT2D eigenvalue weighted by Crippen LogP contribution is -2.34. The van der Waals surface area contributed by atoms with E-state index >= 15 is 0 Å². The maximum atomic E-state index is 9.85. The topological polar surface area (TPSA) is 32.3 Å². The van der Waals surface area contributed by atoms with Gasteiger partial charge in [0.2, 0.25) is 0 Å². The molecular formula is C13H20INOS. The van der Waals surface area contributed by atoms with E-state index in [1.165, 1.54) is 32.6 Å². The molecule has 0 amide bonds. The van der Waals surface area contributed by atoms with Gasteiger partial charge in [-0.2, -0.15) is 0 Å². The van der Waals surface area contributed by atoms with Gasteiger partial charge in [-0.1, -0.05) is 13.8 Å². The van der Waals surface area contributed by atoms with Crippen LogP contribution in [0.25, 0.3) is 0 Å². The molecule has 96 valence electrons. The van der Waals surface area contributed by atoms with Crippen LogP contribution in [0.15, 0.2) is 6.07 Å². The van der Waals surface area contributed by atoms with Crippen LogP contribution in [-0.4, -0.2) is 17.8 Å². The van der Waals surface area contributed by atoms with Crippen molar-refractivity contribution in [1.29, 1.82) is 0 Å². The highest BCUT2D eigenvalue weighted by Crippen LogP contribution is 2.36. The fourth-order valence-electron chi connectivity index (χ4n) is 2.23. The van der Waals surface area contributed by atoms with Crippen LogP contribution >= 0.6 is 33.9 Å². The first-order valence-electron chi connectivity index (χ1n) is 6.27. The number of thiophene rings is 1. The van der Waals surface area contributed by atoms with Crippen LogP contribution in [0.4, 0.5) is 0 Å². The number of rotatable bonds is 4. The SMILES string of the molecule is CC(C)C(O)CNC1CCCc2sc(I)cc21. The zero-order valence-corrected chi connectivity index (χ0v) is 13.3. The van der Waals surface area contributed by atoms with E-state index in [-0.39, 0.29) is 6.10 Å². The molecule has 0 aromatic carbocycles. The number of aliphatic hydroxyl groups excluding tert-OH is 1. The van der Waals surface area contributed by atoms with Crippen molar-refractivity contribution in [3.05, 3.63) is 19.4 Å². The van der Waals surface area contributed by atoms with E-state index in [0.717, 1.165) is 0 Å². The molecule has 1 aromatic heterocycles. The van der Waals surface area contributed by atoms with Crippen molar-refractivity contribution >= 4 is 33.9 Å². The zero-order valence-electron chi connectivity index (χ0n) is 10.4. The third-order valence-electron chi connectivity index (χ3n) is 3.43. The normalized spacial score (nSPS) is 21.6. The summed E-state index contributed by atoms with van der Waals surface area (Å²) in [6, 6.07) is 2.76. The molecular weight excluding hydrogens is 345 g/mol. The van der Waals surface area contributed by atoms with E-state index in [9.17, 15) is 5.11 Å². The monoisotopic (exact) mass is 365 g/mol. The van der Waals surface area contributed by atoms with Gasteiger partial charge < -0.3 is 10.4 Å². The second kappa shape index (κ2) is 5.99. The van der Waals surface area contributed by atoms with Crippen LogP contribution in [0.1, 0.15) is 43.2 Å². The summed E-state index contributed by atoms with van der Waals surface area (Å²) >= 11 is 4.32. The number of halogens is 1. The van der Waals surface area contributed by atoms with E-state index < -0.39 is 0 Å². The van der Waals surface area contributed by atoms with E-state index in [1.54, 1.807) is 0 Å². The maximum absolute atomic E-state index is 9.85. The van der Waals surface area contributed by atoms with Gasteiger partial charge in [0.1, 0.15) is 0 Å². The molecule has 1 aliphatic carbocycles. The van der Waals surface area contributed by atoms with Gasteiger partial charge in [0.25, 0.3) is 0 Å². The number of hydrogen-bond donors (Lipinski definition) is 2. The Balaban J connectivity index is 1.99. The summed E-state index contributed by atoms with van der Waals surface area (Å²) in [7, 11) is 0. The lowest BCUT2D eigenvalue weighted by atomic mass is 9.93. The van der Waals surface area contributed by atoms with Gasteiger partial charge in [-0.15, -0.1) is 11.3 Å². The van der Waals surface area contributed by atoms with Crippen LogP contribution in [0.2, 0.25) is 0 Å². The summed E-state index contributed by atoms with van der Waals surface area (Å²) in [5, 5.41) is 13.4. The molecule has 2 unspecified atom stereocenters. The molecule has 2 rings (SSSR count). The third-order valence-corrected chi connectivity index (χ3v) is 5.40. The second-order valence-electron chi connectivity index (χ2n) is 5.09. The zero-order chi connectivity index (χ0) is 12.4. The Kier molecular flexibility index (Phi) is 4.86. The third kappa shape index (κ3) is 3.43. The summed E-state index contributed by atoms with van der Waals surface area (Å²) in [6.07, 6.45) is 3.45. The van der Waals surface area contributed by atoms with Crippen LogP contribution in [0.5, 0.6) is 0 Å². The summed E-state index contributed by atoms with van der Waals surface area (Å²) in [5.74, 6) is 0.327. The molecule has 0 aliphatic heterocycles. The van der Waals surface area contributed by atoms with Gasteiger partial charge in [0, 0.05) is 17.5 Å². The largest absolute Gasteiger partial charge is 0.392 e. The van der Waals surface area contributed by atoms with Crippen molar-refractivity contribution in [3.8, 4) is 0 Å². The Morgan fingerprint density at radius 1 is 1.59 bits per heavy atom. The predicted molar refractivity (Wildman–Crippen MR) is 81.6 cm³/mol. The van der Waals surface area contributed by atoms with Gasteiger partial charge in [0.05, 0.1) is 8.99 Å². The number of hydrogen-bond acceptors (Lipinski definition) is 3.